The van der Waals surface area contributed by atoms with Crippen molar-refractivity contribution in [3.8, 4) is 0 Å². The highest BCUT2D eigenvalue weighted by Crippen LogP contribution is 2.46. The van der Waals surface area contributed by atoms with Gasteiger partial charge in [-0.2, -0.15) is 0 Å². The van der Waals surface area contributed by atoms with Gasteiger partial charge in [-0.15, -0.1) is 0 Å². The van der Waals surface area contributed by atoms with Crippen LogP contribution in [0.4, 0.5) is 4.79 Å². The van der Waals surface area contributed by atoms with Gasteiger partial charge in [-0.3, -0.25) is 9.59 Å². The zero-order valence-corrected chi connectivity index (χ0v) is 26.9. The lowest BCUT2D eigenvalue weighted by molar-refractivity contribution is -0.124. The monoisotopic (exact) mass is 635 g/mol. The number of likely N-dealkylation sites (tertiary alicyclic amines) is 1. The zero-order chi connectivity index (χ0) is 31.4. The van der Waals surface area contributed by atoms with E-state index < -0.39 is 17.6 Å². The highest BCUT2D eigenvalue weighted by Gasteiger charge is 2.45. The predicted octanol–water partition coefficient (Wildman–Crippen LogP) is 7.28. The molecule has 0 unspecified atom stereocenters. The fourth-order valence-electron chi connectivity index (χ4n) is 6.15. The Balaban J connectivity index is 1.43. The van der Waals surface area contributed by atoms with E-state index >= 15 is 0 Å². The molecule has 2 aliphatic rings. The van der Waals surface area contributed by atoms with Gasteiger partial charge in [-0.1, -0.05) is 77.8 Å². The van der Waals surface area contributed by atoms with E-state index in [0.29, 0.717) is 72.2 Å². The maximum Gasteiger partial charge on any atom is 0.410 e. The van der Waals surface area contributed by atoms with Crippen LogP contribution in [0.1, 0.15) is 72.6 Å². The molecule has 0 aliphatic carbocycles. The highest BCUT2D eigenvalue weighted by atomic mass is 35.5. The third-order valence-corrected chi connectivity index (χ3v) is 8.84. The van der Waals surface area contributed by atoms with Gasteiger partial charge in [-0.25, -0.2) is 4.79 Å². The summed E-state index contributed by atoms with van der Waals surface area (Å²) in [5, 5.41) is 4.03. The summed E-state index contributed by atoms with van der Waals surface area (Å²) in [6.45, 7) is 7.52. The molecule has 0 aromatic heterocycles. The second-order valence-corrected chi connectivity index (χ2v) is 13.4. The number of carbonyl (C=O) groups is 3. The number of benzene rings is 3. The summed E-state index contributed by atoms with van der Waals surface area (Å²) in [5.74, 6) is -0.861. The second-order valence-electron chi connectivity index (χ2n) is 12.6. The third-order valence-electron chi connectivity index (χ3n) is 8.28. The SMILES string of the molecule is CC(C)(C)OC(=O)N1CCC(CN2C(=O)c3ccccc3[C@@H](C(=O)NCCc3ccccc3)[C@@H]2c2ccc(Cl)cc2Cl)CC1. The van der Waals surface area contributed by atoms with Gasteiger partial charge in [0.15, 0.2) is 0 Å². The van der Waals surface area contributed by atoms with Gasteiger partial charge in [0.2, 0.25) is 5.91 Å². The van der Waals surface area contributed by atoms with Crippen molar-refractivity contribution in [1.29, 1.82) is 0 Å². The molecule has 1 fully saturated rings. The van der Waals surface area contributed by atoms with Crippen LogP contribution in [-0.2, 0) is 16.0 Å². The Hall–Kier alpha value is -3.55. The quantitative estimate of drug-likeness (QED) is 0.296. The van der Waals surface area contributed by atoms with Crippen LogP contribution in [0.3, 0.4) is 0 Å². The molecule has 232 valence electrons. The van der Waals surface area contributed by atoms with Gasteiger partial charge in [0, 0.05) is 41.8 Å². The van der Waals surface area contributed by atoms with Crippen LogP contribution in [0.15, 0.2) is 72.8 Å². The number of halogens is 2. The van der Waals surface area contributed by atoms with Gasteiger partial charge in [0.1, 0.15) is 5.60 Å². The van der Waals surface area contributed by atoms with Gasteiger partial charge in [0.25, 0.3) is 5.91 Å². The summed E-state index contributed by atoms with van der Waals surface area (Å²) in [4.78, 5) is 44.5. The van der Waals surface area contributed by atoms with E-state index in [0.717, 1.165) is 5.56 Å². The Labute approximate surface area is 269 Å². The fraction of sp³-hybridized carbons (Fsp3) is 0.400. The molecule has 3 aromatic carbocycles. The smallest absolute Gasteiger partial charge is 0.410 e. The molecule has 5 rings (SSSR count). The number of fused-ring (bicyclic) bond motifs is 1. The van der Waals surface area contributed by atoms with Crippen molar-refractivity contribution < 1.29 is 19.1 Å². The summed E-state index contributed by atoms with van der Waals surface area (Å²) in [5.41, 5.74) is 2.44. The zero-order valence-electron chi connectivity index (χ0n) is 25.4. The number of amides is 3. The van der Waals surface area contributed by atoms with Gasteiger partial charge in [-0.05, 0) is 80.8 Å². The molecule has 1 saturated heterocycles. The minimum atomic E-state index is -0.680. The Bertz CT molecular complexity index is 1500. The molecule has 44 heavy (non-hydrogen) atoms. The lowest BCUT2D eigenvalue weighted by atomic mass is 9.78. The summed E-state index contributed by atoms with van der Waals surface area (Å²) >= 11 is 13.1. The maximum absolute atomic E-state index is 14.2. The van der Waals surface area contributed by atoms with Crippen molar-refractivity contribution in [3.63, 3.8) is 0 Å². The highest BCUT2D eigenvalue weighted by molar-refractivity contribution is 6.35. The van der Waals surface area contributed by atoms with E-state index in [1.807, 2.05) is 80.3 Å². The fourth-order valence-corrected chi connectivity index (χ4v) is 6.67. The molecule has 0 radical (unpaired) electrons. The Morgan fingerprint density at radius 3 is 2.30 bits per heavy atom. The Kier molecular flexibility index (Phi) is 9.86. The molecule has 1 N–H and O–H groups in total. The molecular formula is C35H39Cl2N3O4. The summed E-state index contributed by atoms with van der Waals surface area (Å²) in [7, 11) is 0. The van der Waals surface area contributed by atoms with Crippen LogP contribution in [-0.4, -0.2) is 59.5 Å². The van der Waals surface area contributed by atoms with Crippen molar-refractivity contribution in [1.82, 2.24) is 15.1 Å². The number of nitrogens with one attached hydrogen (secondary N) is 1. The molecule has 9 heteroatoms. The number of rotatable bonds is 7. The molecule has 3 amide bonds. The van der Waals surface area contributed by atoms with Gasteiger partial charge in [0.05, 0.1) is 12.0 Å². The average Bonchev–Trinajstić information content (AvgIpc) is 2.98. The molecule has 2 aliphatic heterocycles. The normalized spacial score (nSPS) is 19.0. The average molecular weight is 637 g/mol. The number of nitrogens with zero attached hydrogens (tertiary/aromatic N) is 2. The molecule has 2 heterocycles. The standard InChI is InChI=1S/C35H39Cl2N3O4/c1-35(2,3)44-34(43)39-19-16-24(17-20-39)22-40-31(28-14-13-25(36)21-29(28)37)30(26-11-7-8-12-27(26)33(40)42)32(41)38-18-15-23-9-5-4-6-10-23/h4-14,21,24,30-31H,15-20,22H2,1-3H3,(H,38,41)/t30-,31+/m1/s1. The first kappa shape index (κ1) is 31.9. The Morgan fingerprint density at radius 2 is 1.61 bits per heavy atom. The molecule has 2 atom stereocenters. The molecule has 0 spiro atoms. The van der Waals surface area contributed by atoms with Crippen LogP contribution >= 0.6 is 23.2 Å². The van der Waals surface area contributed by atoms with Crippen molar-refractivity contribution in [2.45, 2.75) is 57.6 Å². The first-order valence-corrected chi connectivity index (χ1v) is 15.9. The lowest BCUT2D eigenvalue weighted by Gasteiger charge is -2.44. The number of ether oxygens (including phenoxy) is 1. The van der Waals surface area contributed by atoms with E-state index in [2.05, 4.69) is 5.32 Å². The first-order valence-electron chi connectivity index (χ1n) is 15.2. The molecular weight excluding hydrogens is 597 g/mol. The topological polar surface area (TPSA) is 79.0 Å². The van der Waals surface area contributed by atoms with Crippen molar-refractivity contribution in [2.75, 3.05) is 26.2 Å². The van der Waals surface area contributed by atoms with Gasteiger partial charge >= 0.3 is 6.09 Å². The first-order chi connectivity index (χ1) is 21.0. The number of hydrogen-bond donors (Lipinski definition) is 1. The van der Waals surface area contributed by atoms with Crippen LogP contribution in [0.2, 0.25) is 10.0 Å². The molecule has 0 bridgehead atoms. The third kappa shape index (κ3) is 7.39. The molecule has 0 saturated carbocycles. The van der Waals surface area contributed by atoms with Gasteiger partial charge < -0.3 is 19.9 Å². The molecule has 7 nitrogen and oxygen atoms in total. The summed E-state index contributed by atoms with van der Waals surface area (Å²) in [6.07, 6.45) is 1.78. The van der Waals surface area contributed by atoms with E-state index in [-0.39, 0.29) is 23.8 Å². The predicted molar refractivity (Wildman–Crippen MR) is 173 cm³/mol. The summed E-state index contributed by atoms with van der Waals surface area (Å²) < 4.78 is 5.57. The van der Waals surface area contributed by atoms with Crippen molar-refractivity contribution >= 4 is 41.1 Å². The maximum atomic E-state index is 14.2. The van der Waals surface area contributed by atoms with Crippen LogP contribution in [0, 0.1) is 5.92 Å². The minimum Gasteiger partial charge on any atom is -0.444 e. The van der Waals surface area contributed by atoms with E-state index in [4.69, 9.17) is 27.9 Å². The second kappa shape index (κ2) is 13.6. The molecule has 3 aromatic rings. The van der Waals surface area contributed by atoms with Crippen molar-refractivity contribution in [3.05, 3.63) is 105 Å². The lowest BCUT2D eigenvalue weighted by Crippen LogP contribution is -2.50. The summed E-state index contributed by atoms with van der Waals surface area (Å²) in [6, 6.07) is 21.9. The Morgan fingerprint density at radius 1 is 0.932 bits per heavy atom. The van der Waals surface area contributed by atoms with E-state index in [9.17, 15) is 14.4 Å². The van der Waals surface area contributed by atoms with Crippen molar-refractivity contribution in [2.24, 2.45) is 5.92 Å². The van der Waals surface area contributed by atoms with Crippen LogP contribution < -0.4 is 5.32 Å². The van der Waals surface area contributed by atoms with Crippen LogP contribution in [0.25, 0.3) is 0 Å². The number of hydrogen-bond acceptors (Lipinski definition) is 4. The van der Waals surface area contributed by atoms with E-state index in [1.165, 1.54) is 0 Å². The number of carbonyl (C=O) groups excluding carboxylic acids is 3. The minimum absolute atomic E-state index is 0.123. The number of piperidine rings is 1. The largest absolute Gasteiger partial charge is 0.444 e. The van der Waals surface area contributed by atoms with Crippen LogP contribution in [0.5, 0.6) is 0 Å². The van der Waals surface area contributed by atoms with E-state index in [1.54, 1.807) is 23.1 Å².